The molecule has 0 aliphatic carbocycles. The summed E-state index contributed by atoms with van der Waals surface area (Å²) in [6, 6.07) is 9.82. The molecule has 1 atom stereocenters. The van der Waals surface area contributed by atoms with E-state index >= 15 is 0 Å². The second-order valence-corrected chi connectivity index (χ2v) is 5.09. The van der Waals surface area contributed by atoms with E-state index in [1.807, 2.05) is 44.3 Å². The van der Waals surface area contributed by atoms with E-state index in [1.54, 1.807) is 0 Å². The molecule has 0 saturated carbocycles. The fourth-order valence-corrected chi connectivity index (χ4v) is 2.34. The van der Waals surface area contributed by atoms with Crippen LogP contribution in [0.5, 0.6) is 0 Å². The van der Waals surface area contributed by atoms with Gasteiger partial charge in [-0.15, -0.1) is 0 Å². The number of pyridine rings is 1. The van der Waals surface area contributed by atoms with E-state index in [0.717, 1.165) is 33.8 Å². The second-order valence-electron chi connectivity index (χ2n) is 4.66. The third-order valence-electron chi connectivity index (χ3n) is 2.95. The Labute approximate surface area is 113 Å². The van der Waals surface area contributed by atoms with Crippen LogP contribution in [-0.2, 0) is 6.42 Å². The normalized spacial score (nSPS) is 12.4. The van der Waals surface area contributed by atoms with Crippen molar-refractivity contribution in [1.82, 2.24) is 4.98 Å². The Hall–Kier alpha value is -1.38. The molecule has 2 aromatic rings. The quantitative estimate of drug-likeness (QED) is 0.916. The topological polar surface area (TPSA) is 38.9 Å². The molecule has 0 saturated heterocycles. The van der Waals surface area contributed by atoms with E-state index < -0.39 is 0 Å². The molecular weight excluding hydrogens is 244 g/mol. The maximum Gasteiger partial charge on any atom is 0.0603 e. The van der Waals surface area contributed by atoms with E-state index in [9.17, 15) is 0 Å². The van der Waals surface area contributed by atoms with Gasteiger partial charge in [-0.1, -0.05) is 29.8 Å². The van der Waals surface area contributed by atoms with Crippen molar-refractivity contribution in [2.45, 2.75) is 26.3 Å². The molecule has 2 rings (SSSR count). The number of hydrogen-bond donors (Lipinski definition) is 1. The average molecular weight is 261 g/mol. The van der Waals surface area contributed by atoms with Gasteiger partial charge in [0.2, 0.25) is 0 Å². The summed E-state index contributed by atoms with van der Waals surface area (Å²) in [7, 11) is 0. The average Bonchev–Trinajstić information content (AvgIpc) is 2.28. The van der Waals surface area contributed by atoms with Crippen LogP contribution in [0.3, 0.4) is 0 Å². The summed E-state index contributed by atoms with van der Waals surface area (Å²) >= 11 is 5.97. The summed E-state index contributed by atoms with van der Waals surface area (Å²) in [6.45, 7) is 4.08. The van der Waals surface area contributed by atoms with Crippen molar-refractivity contribution >= 4 is 11.6 Å². The molecule has 1 aromatic heterocycles. The minimum atomic E-state index is -0.0935. The van der Waals surface area contributed by atoms with Crippen molar-refractivity contribution in [2.24, 2.45) is 5.73 Å². The Balaban J connectivity index is 2.19. The summed E-state index contributed by atoms with van der Waals surface area (Å²) in [5, 5.41) is 0.744. The van der Waals surface area contributed by atoms with Gasteiger partial charge in [0.05, 0.1) is 11.7 Å². The molecule has 0 radical (unpaired) electrons. The van der Waals surface area contributed by atoms with Gasteiger partial charge in [-0.3, -0.25) is 4.98 Å². The van der Waals surface area contributed by atoms with Crippen molar-refractivity contribution in [2.75, 3.05) is 0 Å². The van der Waals surface area contributed by atoms with Gasteiger partial charge in [0, 0.05) is 11.2 Å². The highest BCUT2D eigenvalue weighted by Gasteiger charge is 2.11. The zero-order valence-corrected chi connectivity index (χ0v) is 11.4. The first kappa shape index (κ1) is 13.1. The van der Waals surface area contributed by atoms with Gasteiger partial charge in [0.25, 0.3) is 0 Å². The van der Waals surface area contributed by atoms with Crippen molar-refractivity contribution in [1.29, 1.82) is 0 Å². The van der Waals surface area contributed by atoms with Crippen LogP contribution >= 0.6 is 11.6 Å². The number of nitrogens with two attached hydrogens (primary N) is 1. The number of rotatable bonds is 3. The molecule has 3 heteroatoms. The summed E-state index contributed by atoms with van der Waals surface area (Å²) in [4.78, 5) is 4.44. The van der Waals surface area contributed by atoms with Gasteiger partial charge in [0.15, 0.2) is 0 Å². The Kier molecular flexibility index (Phi) is 4.00. The van der Waals surface area contributed by atoms with E-state index in [2.05, 4.69) is 11.1 Å². The molecule has 18 heavy (non-hydrogen) atoms. The number of hydrogen-bond acceptors (Lipinski definition) is 2. The zero-order chi connectivity index (χ0) is 13.1. The van der Waals surface area contributed by atoms with Crippen molar-refractivity contribution in [3.63, 3.8) is 0 Å². The zero-order valence-electron chi connectivity index (χ0n) is 10.7. The smallest absolute Gasteiger partial charge is 0.0603 e. The maximum absolute atomic E-state index is 6.22. The fraction of sp³-hybridized carbons (Fsp3) is 0.267. The first-order chi connectivity index (χ1) is 8.56. The number of halogens is 1. The van der Waals surface area contributed by atoms with Gasteiger partial charge < -0.3 is 5.73 Å². The Morgan fingerprint density at radius 1 is 1.28 bits per heavy atom. The lowest BCUT2D eigenvalue weighted by atomic mass is 10.0. The number of benzene rings is 1. The Morgan fingerprint density at radius 3 is 2.72 bits per heavy atom. The summed E-state index contributed by atoms with van der Waals surface area (Å²) < 4.78 is 0. The highest BCUT2D eigenvalue weighted by molar-refractivity contribution is 6.30. The highest BCUT2D eigenvalue weighted by atomic mass is 35.5. The molecule has 0 fully saturated rings. The largest absolute Gasteiger partial charge is 0.322 e. The van der Waals surface area contributed by atoms with Gasteiger partial charge in [0.1, 0.15) is 0 Å². The second kappa shape index (κ2) is 5.51. The van der Waals surface area contributed by atoms with Crippen LogP contribution in [0.2, 0.25) is 5.02 Å². The minimum absolute atomic E-state index is 0.0935. The van der Waals surface area contributed by atoms with Crippen LogP contribution in [0.15, 0.2) is 36.5 Å². The minimum Gasteiger partial charge on any atom is -0.322 e. The number of nitrogens with zero attached hydrogens (tertiary/aromatic N) is 1. The Bertz CT molecular complexity index is 552. The van der Waals surface area contributed by atoms with Crippen LogP contribution in [0, 0.1) is 13.8 Å². The molecular formula is C15H17ClN2. The predicted molar refractivity (Wildman–Crippen MR) is 75.8 cm³/mol. The summed E-state index contributed by atoms with van der Waals surface area (Å²) in [5.74, 6) is 0. The summed E-state index contributed by atoms with van der Waals surface area (Å²) in [6.07, 6.45) is 2.61. The van der Waals surface area contributed by atoms with Crippen molar-refractivity contribution in [3.05, 3.63) is 63.9 Å². The predicted octanol–water partition coefficient (Wildman–Crippen LogP) is 3.59. The van der Waals surface area contributed by atoms with Crippen LogP contribution < -0.4 is 5.73 Å². The molecule has 2 N–H and O–H groups in total. The third-order valence-corrected chi connectivity index (χ3v) is 3.19. The molecule has 1 heterocycles. The number of aromatic nitrogens is 1. The molecule has 1 unspecified atom stereocenters. The van der Waals surface area contributed by atoms with E-state index in [4.69, 9.17) is 17.3 Å². The van der Waals surface area contributed by atoms with Crippen LogP contribution in [-0.4, -0.2) is 4.98 Å². The van der Waals surface area contributed by atoms with Crippen LogP contribution in [0.4, 0.5) is 0 Å². The lowest BCUT2D eigenvalue weighted by Crippen LogP contribution is -2.16. The highest BCUT2D eigenvalue weighted by Crippen LogP contribution is 2.20. The molecule has 0 bridgehead atoms. The number of aryl methyl sites for hydroxylation is 2. The molecule has 94 valence electrons. The van der Waals surface area contributed by atoms with Crippen molar-refractivity contribution in [3.8, 4) is 0 Å². The molecule has 0 aliphatic heterocycles. The van der Waals surface area contributed by atoms with Gasteiger partial charge in [-0.25, -0.2) is 0 Å². The van der Waals surface area contributed by atoms with E-state index in [-0.39, 0.29) is 6.04 Å². The monoisotopic (exact) mass is 260 g/mol. The maximum atomic E-state index is 6.22. The first-order valence-corrected chi connectivity index (χ1v) is 6.37. The van der Waals surface area contributed by atoms with Crippen LogP contribution in [0.1, 0.15) is 28.4 Å². The van der Waals surface area contributed by atoms with Gasteiger partial charge in [-0.05, 0) is 49.1 Å². The van der Waals surface area contributed by atoms with Crippen LogP contribution in [0.25, 0.3) is 0 Å². The van der Waals surface area contributed by atoms with E-state index in [1.165, 1.54) is 0 Å². The fourth-order valence-electron chi connectivity index (χ4n) is 2.13. The lowest BCUT2D eigenvalue weighted by molar-refractivity contribution is 0.689. The SMILES string of the molecule is Cc1cnc(C(N)Cc2cccc(Cl)c2)c(C)c1. The molecule has 0 spiro atoms. The van der Waals surface area contributed by atoms with Gasteiger partial charge >= 0.3 is 0 Å². The lowest BCUT2D eigenvalue weighted by Gasteiger charge is -2.14. The first-order valence-electron chi connectivity index (χ1n) is 5.99. The molecule has 0 aliphatic rings. The summed E-state index contributed by atoms with van der Waals surface area (Å²) in [5.41, 5.74) is 10.6. The third kappa shape index (κ3) is 3.09. The standard InChI is InChI=1S/C15H17ClN2/c1-10-6-11(2)15(18-9-10)14(17)8-12-4-3-5-13(16)7-12/h3-7,9,14H,8,17H2,1-2H3. The molecule has 2 nitrogen and oxygen atoms in total. The Morgan fingerprint density at radius 2 is 2.06 bits per heavy atom. The molecule has 1 aromatic carbocycles. The van der Waals surface area contributed by atoms with E-state index in [0.29, 0.717) is 0 Å². The van der Waals surface area contributed by atoms with Crippen molar-refractivity contribution < 1.29 is 0 Å². The molecule has 0 amide bonds. The van der Waals surface area contributed by atoms with Gasteiger partial charge in [-0.2, -0.15) is 0 Å².